The van der Waals surface area contributed by atoms with E-state index in [2.05, 4.69) is 4.90 Å². The fourth-order valence-electron chi connectivity index (χ4n) is 4.38. The van der Waals surface area contributed by atoms with Crippen LogP contribution < -0.4 is 0 Å². The van der Waals surface area contributed by atoms with Crippen molar-refractivity contribution in [3.8, 4) is 0 Å². The molecule has 0 radical (unpaired) electrons. The lowest BCUT2D eigenvalue weighted by atomic mass is 9.58. The minimum atomic E-state index is -0.0652. The highest BCUT2D eigenvalue weighted by Crippen LogP contribution is 2.51. The molecule has 2 heterocycles. The lowest BCUT2D eigenvalue weighted by Gasteiger charge is -2.63. The van der Waals surface area contributed by atoms with Gasteiger partial charge in [0, 0.05) is 50.1 Å². The van der Waals surface area contributed by atoms with Crippen molar-refractivity contribution in [3.05, 3.63) is 35.1 Å². The van der Waals surface area contributed by atoms with E-state index in [1.165, 1.54) is 18.4 Å². The molecule has 4 heteroatoms. The fourth-order valence-corrected chi connectivity index (χ4v) is 4.38. The zero-order chi connectivity index (χ0) is 14.6. The lowest BCUT2D eigenvalue weighted by Crippen LogP contribution is -2.71. The van der Waals surface area contributed by atoms with Crippen molar-refractivity contribution in [1.82, 2.24) is 9.80 Å². The van der Waals surface area contributed by atoms with Gasteiger partial charge in [0.15, 0.2) is 0 Å². The second kappa shape index (κ2) is 4.54. The number of carbonyl (C=O) groups excluding carboxylic acids is 1. The molecule has 112 valence electrons. The minimum Gasteiger partial charge on any atom is -0.342 e. The van der Waals surface area contributed by atoms with Crippen LogP contribution in [0.2, 0.25) is 0 Å². The maximum Gasteiger partial charge on any atom is 0.219 e. The number of benzene rings is 1. The second-order valence-corrected chi connectivity index (χ2v) is 6.89. The van der Waals surface area contributed by atoms with Crippen LogP contribution in [-0.2, 0) is 17.8 Å². The van der Waals surface area contributed by atoms with Crippen LogP contribution in [0.3, 0.4) is 0 Å². The van der Waals surface area contributed by atoms with Gasteiger partial charge in [0.05, 0.1) is 0 Å². The van der Waals surface area contributed by atoms with Crippen LogP contribution in [0, 0.1) is 11.2 Å². The van der Waals surface area contributed by atoms with E-state index in [0.717, 1.165) is 38.2 Å². The highest BCUT2D eigenvalue weighted by atomic mass is 19.1. The smallest absolute Gasteiger partial charge is 0.219 e. The Bertz CT molecular complexity index is 594. The second-order valence-electron chi connectivity index (χ2n) is 6.89. The summed E-state index contributed by atoms with van der Waals surface area (Å²) in [4.78, 5) is 15.8. The minimum absolute atomic E-state index is 0.0652. The molecule has 21 heavy (non-hydrogen) atoms. The van der Waals surface area contributed by atoms with Gasteiger partial charge in [-0.2, -0.15) is 0 Å². The summed E-state index contributed by atoms with van der Waals surface area (Å²) in [5.41, 5.74) is 2.35. The molecule has 0 aromatic heterocycles. The quantitative estimate of drug-likeness (QED) is 0.791. The van der Waals surface area contributed by atoms with E-state index in [4.69, 9.17) is 0 Å². The van der Waals surface area contributed by atoms with Gasteiger partial charge in [0.2, 0.25) is 5.91 Å². The van der Waals surface area contributed by atoms with Crippen LogP contribution in [0.25, 0.3) is 0 Å². The topological polar surface area (TPSA) is 23.6 Å². The average molecular weight is 288 g/mol. The number of nitrogens with zero attached hydrogens (tertiary/aromatic N) is 2. The molecular weight excluding hydrogens is 267 g/mol. The van der Waals surface area contributed by atoms with Gasteiger partial charge in [-0.15, -0.1) is 0 Å². The normalized spacial score (nSPS) is 27.0. The molecule has 0 bridgehead atoms. The molecule has 1 aromatic carbocycles. The Balaban J connectivity index is 1.49. The summed E-state index contributed by atoms with van der Waals surface area (Å²) in [6.45, 7) is 5.19. The molecule has 1 atom stereocenters. The summed E-state index contributed by atoms with van der Waals surface area (Å²) in [6.07, 6.45) is 3.34. The summed E-state index contributed by atoms with van der Waals surface area (Å²) in [7, 11) is 0. The van der Waals surface area contributed by atoms with Crippen LogP contribution in [0.15, 0.2) is 18.2 Å². The molecule has 1 saturated heterocycles. The molecule has 0 N–H and O–H groups in total. The van der Waals surface area contributed by atoms with Gasteiger partial charge in [0.1, 0.15) is 5.82 Å². The summed E-state index contributed by atoms with van der Waals surface area (Å²) < 4.78 is 14.0. The molecule has 3 nitrogen and oxygen atoms in total. The first kappa shape index (κ1) is 13.3. The van der Waals surface area contributed by atoms with Crippen LogP contribution in [0.4, 0.5) is 4.39 Å². The Labute approximate surface area is 124 Å². The van der Waals surface area contributed by atoms with E-state index in [9.17, 15) is 9.18 Å². The van der Waals surface area contributed by atoms with Gasteiger partial charge < -0.3 is 4.90 Å². The molecule has 2 aliphatic heterocycles. The summed E-state index contributed by atoms with van der Waals surface area (Å²) in [5, 5.41) is 0. The van der Waals surface area contributed by atoms with Crippen LogP contribution >= 0.6 is 0 Å². The highest BCUT2D eigenvalue weighted by Gasteiger charge is 2.57. The molecule has 1 spiro atoms. The maximum absolute atomic E-state index is 14.0. The van der Waals surface area contributed by atoms with Crippen molar-refractivity contribution in [2.75, 3.05) is 19.6 Å². The largest absolute Gasteiger partial charge is 0.342 e. The van der Waals surface area contributed by atoms with Crippen LogP contribution in [0.5, 0.6) is 0 Å². The van der Waals surface area contributed by atoms with Crippen LogP contribution in [0.1, 0.15) is 30.9 Å². The van der Waals surface area contributed by atoms with Crippen molar-refractivity contribution >= 4 is 5.91 Å². The van der Waals surface area contributed by atoms with Crippen molar-refractivity contribution in [3.63, 3.8) is 0 Å². The van der Waals surface area contributed by atoms with Gasteiger partial charge in [-0.05, 0) is 30.9 Å². The molecule has 1 aliphatic carbocycles. The molecule has 1 unspecified atom stereocenters. The number of halogens is 1. The Hall–Kier alpha value is -1.42. The third-order valence-corrected chi connectivity index (χ3v) is 5.77. The lowest BCUT2D eigenvalue weighted by molar-refractivity contribution is -0.163. The summed E-state index contributed by atoms with van der Waals surface area (Å²) >= 11 is 0. The predicted octanol–water partition coefficient (Wildman–Crippen LogP) is 2.19. The molecule has 1 saturated carbocycles. The zero-order valence-electron chi connectivity index (χ0n) is 12.4. The number of likely N-dealkylation sites (tertiary alicyclic amines) is 1. The van der Waals surface area contributed by atoms with E-state index >= 15 is 0 Å². The first-order valence-corrected chi connectivity index (χ1v) is 7.85. The van der Waals surface area contributed by atoms with Crippen molar-refractivity contribution < 1.29 is 9.18 Å². The first-order valence-electron chi connectivity index (χ1n) is 7.85. The molecule has 1 amide bonds. The van der Waals surface area contributed by atoms with Gasteiger partial charge >= 0.3 is 0 Å². The van der Waals surface area contributed by atoms with E-state index in [1.54, 1.807) is 13.0 Å². The van der Waals surface area contributed by atoms with Gasteiger partial charge in [-0.1, -0.05) is 12.1 Å². The van der Waals surface area contributed by atoms with E-state index < -0.39 is 0 Å². The van der Waals surface area contributed by atoms with E-state index in [0.29, 0.717) is 11.5 Å². The fraction of sp³-hybridized carbons (Fsp3) is 0.588. The Morgan fingerprint density at radius 1 is 1.38 bits per heavy atom. The van der Waals surface area contributed by atoms with E-state index in [1.807, 2.05) is 17.0 Å². The molecular formula is C17H21FN2O. The molecule has 4 rings (SSSR count). The third-order valence-electron chi connectivity index (χ3n) is 5.77. The van der Waals surface area contributed by atoms with Crippen molar-refractivity contribution in [2.45, 2.75) is 38.8 Å². The zero-order valence-corrected chi connectivity index (χ0v) is 12.4. The Kier molecular flexibility index (Phi) is 2.86. The number of fused-ring (bicyclic) bond motifs is 1. The maximum atomic E-state index is 14.0. The third kappa shape index (κ3) is 1.92. The number of hydrogen-bond acceptors (Lipinski definition) is 2. The predicted molar refractivity (Wildman–Crippen MR) is 78.2 cm³/mol. The number of hydrogen-bond donors (Lipinski definition) is 0. The SMILES string of the molecule is CC(=O)N1CC2(CCC2N2CCc3cccc(F)c3C2)C1. The molecule has 3 aliphatic rings. The van der Waals surface area contributed by atoms with Crippen LogP contribution in [-0.4, -0.2) is 41.4 Å². The summed E-state index contributed by atoms with van der Waals surface area (Å²) in [5.74, 6) is 0.117. The van der Waals surface area contributed by atoms with Gasteiger partial charge in [0.25, 0.3) is 0 Å². The van der Waals surface area contributed by atoms with Crippen molar-refractivity contribution in [2.24, 2.45) is 5.41 Å². The first-order chi connectivity index (χ1) is 10.1. The van der Waals surface area contributed by atoms with Crippen molar-refractivity contribution in [1.29, 1.82) is 0 Å². The number of amides is 1. The summed E-state index contributed by atoms with van der Waals surface area (Å²) in [6, 6.07) is 5.96. The monoisotopic (exact) mass is 288 g/mol. The molecule has 2 fully saturated rings. The number of rotatable bonds is 1. The molecule has 1 aromatic rings. The average Bonchev–Trinajstić information content (AvgIpc) is 2.36. The Morgan fingerprint density at radius 3 is 2.86 bits per heavy atom. The van der Waals surface area contributed by atoms with Gasteiger partial charge in [-0.25, -0.2) is 4.39 Å². The highest BCUT2D eigenvalue weighted by molar-refractivity contribution is 5.74. The number of carbonyl (C=O) groups is 1. The van der Waals surface area contributed by atoms with E-state index in [-0.39, 0.29) is 11.7 Å². The standard InChI is InChI=1S/C17H21FN2O/c1-12(21)20-10-17(11-20)7-5-16(17)19-8-6-13-3-2-4-15(18)14(13)9-19/h2-4,16H,5-11H2,1H3. The van der Waals surface area contributed by atoms with Gasteiger partial charge in [-0.3, -0.25) is 9.69 Å². The Morgan fingerprint density at radius 2 is 2.19 bits per heavy atom.